The van der Waals surface area contributed by atoms with Crippen molar-refractivity contribution in [2.45, 2.75) is 32.6 Å². The van der Waals surface area contributed by atoms with E-state index in [1.54, 1.807) is 0 Å². The topological polar surface area (TPSA) is 59.4 Å². The molecule has 2 rings (SSSR count). The van der Waals surface area contributed by atoms with Crippen molar-refractivity contribution in [1.29, 1.82) is 0 Å². The fourth-order valence-corrected chi connectivity index (χ4v) is 2.58. The van der Waals surface area contributed by atoms with Crippen LogP contribution in [0.15, 0.2) is 17.4 Å². The Kier molecular flexibility index (Phi) is 4.82. The van der Waals surface area contributed by atoms with Crippen LogP contribution in [0.5, 0.6) is 0 Å². The lowest BCUT2D eigenvalue weighted by atomic mass is 10.0. The lowest BCUT2D eigenvalue weighted by Gasteiger charge is -2.31. The van der Waals surface area contributed by atoms with Crippen molar-refractivity contribution in [2.24, 2.45) is 23.7 Å². The Balaban J connectivity index is 1.72. The van der Waals surface area contributed by atoms with E-state index in [-0.39, 0.29) is 0 Å². The van der Waals surface area contributed by atoms with Gasteiger partial charge in [-0.1, -0.05) is 6.92 Å². The zero-order chi connectivity index (χ0) is 13.7. The molecule has 0 radical (unpaired) electrons. The van der Waals surface area contributed by atoms with Crippen LogP contribution in [0.4, 0.5) is 0 Å². The molecule has 2 heterocycles. The number of piperidine rings is 1. The zero-order valence-corrected chi connectivity index (χ0v) is 12.0. The van der Waals surface area contributed by atoms with E-state index < -0.39 is 0 Å². The van der Waals surface area contributed by atoms with E-state index in [9.17, 15) is 0 Å². The Labute approximate surface area is 115 Å². The Bertz CT molecular complexity index is 423. The minimum absolute atomic E-state index is 0.720. The van der Waals surface area contributed by atoms with Gasteiger partial charge in [-0.25, -0.2) is 0 Å². The summed E-state index contributed by atoms with van der Waals surface area (Å²) in [4.78, 5) is 6.72. The number of nitrogens with two attached hydrogens (primary N) is 1. The lowest BCUT2D eigenvalue weighted by Crippen LogP contribution is -2.43. The summed E-state index contributed by atoms with van der Waals surface area (Å²) in [6.07, 6.45) is 8.55. The molecule has 2 N–H and O–H groups in total. The van der Waals surface area contributed by atoms with Crippen molar-refractivity contribution in [2.75, 3.05) is 19.6 Å². The monoisotopic (exact) mass is 263 g/mol. The Morgan fingerprint density at radius 1 is 1.58 bits per heavy atom. The maximum atomic E-state index is 6.05. The van der Waals surface area contributed by atoms with E-state index in [0.29, 0.717) is 0 Å². The molecule has 1 aliphatic heterocycles. The molecule has 19 heavy (non-hydrogen) atoms. The predicted octanol–water partition coefficient (Wildman–Crippen LogP) is 1.40. The number of likely N-dealkylation sites (tertiary alicyclic amines) is 1. The first-order chi connectivity index (χ1) is 9.15. The molecule has 0 saturated carbocycles. The summed E-state index contributed by atoms with van der Waals surface area (Å²) in [5.74, 6) is 1.45. The number of aryl methyl sites for hydroxylation is 2. The van der Waals surface area contributed by atoms with Crippen LogP contribution in [-0.2, 0) is 13.5 Å². The first-order valence-corrected chi connectivity index (χ1v) is 7.17. The molecule has 0 aromatic carbocycles. The van der Waals surface area contributed by atoms with E-state index in [4.69, 9.17) is 5.73 Å². The predicted molar refractivity (Wildman–Crippen MR) is 78.0 cm³/mol. The minimum atomic E-state index is 0.720. The Morgan fingerprint density at radius 2 is 2.42 bits per heavy atom. The second kappa shape index (κ2) is 6.59. The zero-order valence-electron chi connectivity index (χ0n) is 12.0. The van der Waals surface area contributed by atoms with E-state index in [2.05, 4.69) is 28.1 Å². The third-order valence-corrected chi connectivity index (χ3v) is 3.64. The van der Waals surface area contributed by atoms with Gasteiger partial charge < -0.3 is 10.6 Å². The summed E-state index contributed by atoms with van der Waals surface area (Å²) in [5.41, 5.74) is 7.32. The number of hydrogen-bond acceptors (Lipinski definition) is 2. The van der Waals surface area contributed by atoms with Gasteiger partial charge in [0.1, 0.15) is 0 Å². The fraction of sp³-hybridized carbons (Fsp3) is 0.714. The van der Waals surface area contributed by atoms with Gasteiger partial charge in [-0.3, -0.25) is 9.67 Å². The smallest absolute Gasteiger partial charge is 0.191 e. The highest BCUT2D eigenvalue weighted by Gasteiger charge is 2.17. The average Bonchev–Trinajstić information content (AvgIpc) is 2.80. The molecular formula is C14H25N5. The van der Waals surface area contributed by atoms with Crippen LogP contribution in [-0.4, -0.2) is 40.3 Å². The second-order valence-electron chi connectivity index (χ2n) is 5.56. The van der Waals surface area contributed by atoms with Crippen molar-refractivity contribution in [1.82, 2.24) is 14.7 Å². The molecule has 5 nitrogen and oxygen atoms in total. The van der Waals surface area contributed by atoms with Gasteiger partial charge in [-0.2, -0.15) is 5.10 Å². The maximum absolute atomic E-state index is 6.05. The molecule has 0 aliphatic carbocycles. The van der Waals surface area contributed by atoms with E-state index in [1.165, 1.54) is 18.4 Å². The number of rotatable bonds is 4. The molecule has 1 aliphatic rings. The highest BCUT2D eigenvalue weighted by atomic mass is 15.3. The van der Waals surface area contributed by atoms with Crippen LogP contribution in [0.3, 0.4) is 0 Å². The molecule has 0 spiro atoms. The fourth-order valence-electron chi connectivity index (χ4n) is 2.58. The van der Waals surface area contributed by atoms with Gasteiger partial charge in [0.25, 0.3) is 0 Å². The van der Waals surface area contributed by atoms with Crippen LogP contribution in [0.2, 0.25) is 0 Å². The van der Waals surface area contributed by atoms with E-state index in [1.807, 2.05) is 17.9 Å². The number of aromatic nitrogens is 2. The summed E-state index contributed by atoms with van der Waals surface area (Å²) in [6.45, 7) is 5.19. The van der Waals surface area contributed by atoms with Gasteiger partial charge >= 0.3 is 0 Å². The Hall–Kier alpha value is -1.52. The van der Waals surface area contributed by atoms with Gasteiger partial charge in [0.05, 0.1) is 6.20 Å². The third kappa shape index (κ3) is 4.26. The quantitative estimate of drug-likeness (QED) is 0.507. The summed E-state index contributed by atoms with van der Waals surface area (Å²) >= 11 is 0. The van der Waals surface area contributed by atoms with Gasteiger partial charge in [-0.15, -0.1) is 0 Å². The minimum Gasteiger partial charge on any atom is -0.370 e. The summed E-state index contributed by atoms with van der Waals surface area (Å²) in [6, 6.07) is 0. The van der Waals surface area contributed by atoms with Crippen LogP contribution in [0.1, 0.15) is 31.7 Å². The molecule has 1 unspecified atom stereocenters. The molecule has 1 saturated heterocycles. The standard InChI is InChI=1S/C14H25N5/c1-12-5-4-8-19(10-12)14(15)16-7-3-6-13-9-17-18(2)11-13/h9,11-12H,3-8,10H2,1-2H3,(H2,15,16). The summed E-state index contributed by atoms with van der Waals surface area (Å²) < 4.78 is 1.84. The number of hydrogen-bond donors (Lipinski definition) is 1. The Morgan fingerprint density at radius 3 is 3.11 bits per heavy atom. The number of guanidine groups is 1. The van der Waals surface area contributed by atoms with Crippen molar-refractivity contribution in [3.05, 3.63) is 18.0 Å². The molecule has 1 aromatic heterocycles. The van der Waals surface area contributed by atoms with Crippen molar-refractivity contribution < 1.29 is 0 Å². The van der Waals surface area contributed by atoms with Crippen LogP contribution < -0.4 is 5.73 Å². The van der Waals surface area contributed by atoms with Crippen LogP contribution in [0, 0.1) is 5.92 Å². The molecule has 1 fully saturated rings. The van der Waals surface area contributed by atoms with Crippen molar-refractivity contribution >= 4 is 5.96 Å². The van der Waals surface area contributed by atoms with Crippen molar-refractivity contribution in [3.8, 4) is 0 Å². The molecular weight excluding hydrogens is 238 g/mol. The van der Waals surface area contributed by atoms with Crippen LogP contribution >= 0.6 is 0 Å². The first kappa shape index (κ1) is 13.9. The first-order valence-electron chi connectivity index (χ1n) is 7.17. The van der Waals surface area contributed by atoms with E-state index in [0.717, 1.165) is 44.4 Å². The largest absolute Gasteiger partial charge is 0.370 e. The molecule has 106 valence electrons. The summed E-state index contributed by atoms with van der Waals surface area (Å²) in [7, 11) is 1.94. The SMILES string of the molecule is CC1CCCN(C(N)=NCCCc2cnn(C)c2)C1. The van der Waals surface area contributed by atoms with Gasteiger partial charge in [-0.05, 0) is 37.2 Å². The normalized spacial score (nSPS) is 20.8. The highest BCUT2D eigenvalue weighted by Crippen LogP contribution is 2.14. The summed E-state index contributed by atoms with van der Waals surface area (Å²) in [5, 5.41) is 4.16. The van der Waals surface area contributed by atoms with E-state index >= 15 is 0 Å². The number of nitrogens with zero attached hydrogens (tertiary/aromatic N) is 4. The average molecular weight is 263 g/mol. The molecule has 0 amide bonds. The van der Waals surface area contributed by atoms with Gasteiger partial charge in [0.15, 0.2) is 5.96 Å². The van der Waals surface area contributed by atoms with Gasteiger partial charge in [0.2, 0.25) is 0 Å². The molecule has 1 atom stereocenters. The molecule has 5 heteroatoms. The van der Waals surface area contributed by atoms with Crippen molar-refractivity contribution in [3.63, 3.8) is 0 Å². The second-order valence-corrected chi connectivity index (χ2v) is 5.56. The maximum Gasteiger partial charge on any atom is 0.191 e. The van der Waals surface area contributed by atoms with Gasteiger partial charge in [0, 0.05) is 32.9 Å². The lowest BCUT2D eigenvalue weighted by molar-refractivity contribution is 0.270. The highest BCUT2D eigenvalue weighted by molar-refractivity contribution is 5.78. The van der Waals surface area contributed by atoms with Crippen LogP contribution in [0.25, 0.3) is 0 Å². The molecule has 0 bridgehead atoms. The molecule has 1 aromatic rings. The number of aliphatic imine (C=N–C) groups is 1. The third-order valence-electron chi connectivity index (χ3n) is 3.64.